The van der Waals surface area contributed by atoms with Crippen LogP contribution in [0, 0.1) is 6.92 Å². The maximum Gasteiger partial charge on any atom is 0.315 e. The van der Waals surface area contributed by atoms with E-state index in [-0.39, 0.29) is 5.82 Å². The van der Waals surface area contributed by atoms with E-state index in [2.05, 4.69) is 15.5 Å². The van der Waals surface area contributed by atoms with Gasteiger partial charge in [0.1, 0.15) is 0 Å². The molecule has 0 radical (unpaired) electrons. The monoisotopic (exact) mass is 399 g/mol. The number of nitrogens with one attached hydrogen (secondary N) is 1. The number of nitrogens with zero attached hydrogens (tertiary/aromatic N) is 3. The molecule has 1 heterocycles. The number of hydrogen-bond acceptors (Lipinski definition) is 8. The van der Waals surface area contributed by atoms with Crippen LogP contribution in [0.3, 0.4) is 0 Å². The van der Waals surface area contributed by atoms with E-state index in [0.717, 1.165) is 21.5 Å². The first-order valence-corrected chi connectivity index (χ1v) is 9.42. The van der Waals surface area contributed by atoms with Crippen molar-refractivity contribution in [1.82, 2.24) is 14.9 Å². The highest BCUT2D eigenvalue weighted by Gasteiger charge is 2.12. The van der Waals surface area contributed by atoms with Crippen LogP contribution in [0.2, 0.25) is 0 Å². The van der Waals surface area contributed by atoms with Crippen molar-refractivity contribution in [2.24, 2.45) is 0 Å². The number of aryl methyl sites for hydroxylation is 1. The van der Waals surface area contributed by atoms with E-state index in [9.17, 15) is 4.79 Å². The number of nitrogens with two attached hydrogens (primary N) is 1. The molecule has 0 aliphatic heterocycles. The molecule has 1 aromatic heterocycles. The van der Waals surface area contributed by atoms with E-state index >= 15 is 0 Å². The van der Waals surface area contributed by atoms with Crippen molar-refractivity contribution in [3.05, 3.63) is 63.9 Å². The van der Waals surface area contributed by atoms with Gasteiger partial charge in [0.15, 0.2) is 11.5 Å². The Morgan fingerprint density at radius 1 is 1.07 bits per heavy atom. The quantitative estimate of drug-likeness (QED) is 0.462. The van der Waals surface area contributed by atoms with Crippen LogP contribution >= 0.6 is 11.8 Å². The first-order chi connectivity index (χ1) is 13.5. The summed E-state index contributed by atoms with van der Waals surface area (Å²) in [5, 5.41) is 11.3. The fourth-order valence-electron chi connectivity index (χ4n) is 2.45. The number of anilines is 2. The molecular weight excluding hydrogens is 378 g/mol. The summed E-state index contributed by atoms with van der Waals surface area (Å²) in [4.78, 5) is 12.5. The van der Waals surface area contributed by atoms with E-state index in [1.54, 1.807) is 14.2 Å². The molecule has 146 valence electrons. The Labute approximate surface area is 166 Å². The zero-order chi connectivity index (χ0) is 20.1. The molecule has 0 fully saturated rings. The lowest BCUT2D eigenvalue weighted by molar-refractivity contribution is 0.354. The Balaban J connectivity index is 1.74. The van der Waals surface area contributed by atoms with Crippen LogP contribution in [-0.2, 0) is 5.75 Å². The molecule has 9 heteroatoms. The van der Waals surface area contributed by atoms with Crippen LogP contribution < -0.4 is 26.2 Å². The minimum absolute atomic E-state index is 0.0711. The third kappa shape index (κ3) is 4.37. The summed E-state index contributed by atoms with van der Waals surface area (Å²) in [6, 6.07) is 13.2. The number of hydrogen-bond donors (Lipinski definition) is 2. The van der Waals surface area contributed by atoms with Crippen molar-refractivity contribution in [1.29, 1.82) is 0 Å². The number of thioether (sulfide) groups is 1. The molecule has 0 amide bonds. The normalized spacial score (nSPS) is 10.5. The van der Waals surface area contributed by atoms with Gasteiger partial charge in [0.05, 0.1) is 14.2 Å². The standard InChI is InChI=1S/C19H21N5O3S/c1-12-4-7-14(8-5-12)21-17-18(25)24(20)19(23-22-17)28-11-13-6-9-15(26-2)16(10-13)27-3/h4-10H,11,20H2,1-3H3,(H,21,22). The second-order valence-corrected chi connectivity index (χ2v) is 6.92. The van der Waals surface area contributed by atoms with Crippen LogP contribution in [0.5, 0.6) is 11.5 Å². The van der Waals surface area contributed by atoms with E-state index in [1.807, 2.05) is 49.4 Å². The smallest absolute Gasteiger partial charge is 0.315 e. The molecule has 0 aliphatic carbocycles. The van der Waals surface area contributed by atoms with Crippen LogP contribution in [0.4, 0.5) is 11.5 Å². The van der Waals surface area contributed by atoms with Gasteiger partial charge in [0, 0.05) is 11.4 Å². The molecule has 0 unspecified atom stereocenters. The van der Waals surface area contributed by atoms with Crippen molar-refractivity contribution in [2.45, 2.75) is 17.8 Å². The van der Waals surface area contributed by atoms with Crippen LogP contribution in [-0.4, -0.2) is 29.1 Å². The highest BCUT2D eigenvalue weighted by atomic mass is 32.2. The fourth-order valence-corrected chi connectivity index (χ4v) is 3.25. The number of nitrogen functional groups attached to an aromatic ring is 1. The lowest BCUT2D eigenvalue weighted by Gasteiger charge is -2.11. The van der Waals surface area contributed by atoms with Crippen molar-refractivity contribution in [3.63, 3.8) is 0 Å². The molecule has 2 aromatic carbocycles. The zero-order valence-electron chi connectivity index (χ0n) is 15.8. The van der Waals surface area contributed by atoms with Gasteiger partial charge in [-0.15, -0.1) is 10.2 Å². The Bertz CT molecular complexity index is 1020. The number of ether oxygens (including phenoxy) is 2. The highest BCUT2D eigenvalue weighted by molar-refractivity contribution is 7.98. The molecule has 0 saturated heterocycles. The van der Waals surface area contributed by atoms with Crippen molar-refractivity contribution < 1.29 is 9.47 Å². The average molecular weight is 399 g/mol. The van der Waals surface area contributed by atoms with Crippen LogP contribution in [0.15, 0.2) is 52.4 Å². The first kappa shape index (κ1) is 19.6. The minimum atomic E-state index is -0.453. The van der Waals surface area contributed by atoms with Gasteiger partial charge in [-0.3, -0.25) is 4.79 Å². The largest absolute Gasteiger partial charge is 0.493 e. The summed E-state index contributed by atoms with van der Waals surface area (Å²) in [5.74, 6) is 7.82. The maximum atomic E-state index is 12.5. The Morgan fingerprint density at radius 2 is 1.79 bits per heavy atom. The fraction of sp³-hybridized carbons (Fsp3) is 0.211. The van der Waals surface area contributed by atoms with E-state index in [4.69, 9.17) is 15.3 Å². The maximum absolute atomic E-state index is 12.5. The predicted molar refractivity (Wildman–Crippen MR) is 110 cm³/mol. The summed E-state index contributed by atoms with van der Waals surface area (Å²) in [6.07, 6.45) is 0. The molecule has 3 N–H and O–H groups in total. The van der Waals surface area contributed by atoms with E-state index < -0.39 is 5.56 Å². The molecule has 8 nitrogen and oxygen atoms in total. The van der Waals surface area contributed by atoms with Crippen LogP contribution in [0.1, 0.15) is 11.1 Å². The summed E-state index contributed by atoms with van der Waals surface area (Å²) in [7, 11) is 3.17. The average Bonchev–Trinajstić information content (AvgIpc) is 2.72. The highest BCUT2D eigenvalue weighted by Crippen LogP contribution is 2.30. The van der Waals surface area contributed by atoms with Crippen molar-refractivity contribution >= 4 is 23.3 Å². The van der Waals surface area contributed by atoms with Crippen molar-refractivity contribution in [2.75, 3.05) is 25.4 Å². The number of rotatable bonds is 7. The second-order valence-electron chi connectivity index (χ2n) is 5.98. The molecule has 28 heavy (non-hydrogen) atoms. The molecule has 0 bridgehead atoms. The van der Waals surface area contributed by atoms with Gasteiger partial charge in [0.2, 0.25) is 11.0 Å². The van der Waals surface area contributed by atoms with Crippen LogP contribution in [0.25, 0.3) is 0 Å². The molecule has 0 aliphatic rings. The molecule has 0 atom stereocenters. The Morgan fingerprint density at radius 3 is 2.46 bits per heavy atom. The third-order valence-corrected chi connectivity index (χ3v) is 5.01. The summed E-state index contributed by atoms with van der Waals surface area (Å²) in [6.45, 7) is 1.99. The summed E-state index contributed by atoms with van der Waals surface area (Å²) < 4.78 is 11.5. The van der Waals surface area contributed by atoms with E-state index in [1.165, 1.54) is 11.8 Å². The molecule has 0 saturated carbocycles. The molecular formula is C19H21N5O3S. The third-order valence-electron chi connectivity index (χ3n) is 3.99. The number of methoxy groups -OCH3 is 2. The summed E-state index contributed by atoms with van der Waals surface area (Å²) in [5.41, 5.74) is 2.38. The lowest BCUT2D eigenvalue weighted by Crippen LogP contribution is -2.32. The van der Waals surface area contributed by atoms with Gasteiger partial charge in [-0.1, -0.05) is 35.5 Å². The Kier molecular flexibility index (Phi) is 6.05. The van der Waals surface area contributed by atoms with E-state index in [0.29, 0.717) is 22.4 Å². The topological polar surface area (TPSA) is 104 Å². The van der Waals surface area contributed by atoms with Gasteiger partial charge in [-0.25, -0.2) is 0 Å². The molecule has 3 rings (SSSR count). The van der Waals surface area contributed by atoms with Gasteiger partial charge >= 0.3 is 5.56 Å². The number of aromatic nitrogens is 3. The predicted octanol–water partition coefficient (Wildman–Crippen LogP) is 2.71. The summed E-state index contributed by atoms with van der Waals surface area (Å²) >= 11 is 1.30. The van der Waals surface area contributed by atoms with Gasteiger partial charge in [-0.05, 0) is 36.8 Å². The zero-order valence-corrected chi connectivity index (χ0v) is 16.6. The van der Waals surface area contributed by atoms with Crippen molar-refractivity contribution in [3.8, 4) is 11.5 Å². The number of benzene rings is 2. The second kappa shape index (κ2) is 8.66. The van der Waals surface area contributed by atoms with Gasteiger partial charge < -0.3 is 20.6 Å². The van der Waals surface area contributed by atoms with Gasteiger partial charge in [0.25, 0.3) is 0 Å². The molecule has 0 spiro atoms. The van der Waals surface area contributed by atoms with Gasteiger partial charge in [-0.2, -0.15) is 4.68 Å². The SMILES string of the molecule is COc1ccc(CSc2nnc(Nc3ccc(C)cc3)c(=O)n2N)cc1OC. The molecule has 3 aromatic rings. The lowest BCUT2D eigenvalue weighted by atomic mass is 10.2. The minimum Gasteiger partial charge on any atom is -0.493 e. The first-order valence-electron chi connectivity index (χ1n) is 8.44. The Hall–Kier alpha value is -3.20.